The Hall–Kier alpha value is -10.4. The van der Waals surface area contributed by atoms with Gasteiger partial charge in [0.2, 0.25) is 11.4 Å². The molecule has 0 aliphatic carbocycles. The maximum Gasteiger partial charge on any atom is 0.215 e. The lowest BCUT2D eigenvalue weighted by molar-refractivity contribution is 0.483. The number of rotatable bonds is 8. The average molecular weight is 905 g/mol. The van der Waals surface area contributed by atoms with Gasteiger partial charge in [-0.25, -0.2) is 9.69 Å². The molecule has 10 aromatic carbocycles. The summed E-state index contributed by atoms with van der Waals surface area (Å²) in [6.45, 7) is 17.0. The molecule has 2 aromatic heterocycles. The van der Waals surface area contributed by atoms with Crippen LogP contribution in [0.5, 0.6) is 11.5 Å². The summed E-state index contributed by atoms with van der Waals surface area (Å²) in [6, 6.07) is 77.3. The van der Waals surface area contributed by atoms with Crippen molar-refractivity contribution in [2.75, 3.05) is 0 Å². The van der Waals surface area contributed by atoms with Crippen LogP contribution in [0.15, 0.2) is 218 Å². The fourth-order valence-electron chi connectivity index (χ4n) is 10.0. The van der Waals surface area contributed by atoms with Gasteiger partial charge in [0.1, 0.15) is 23.6 Å². The fourth-order valence-corrected chi connectivity index (χ4v) is 10.0. The van der Waals surface area contributed by atoms with Crippen LogP contribution in [-0.4, -0.2) is 9.13 Å². The van der Waals surface area contributed by atoms with E-state index in [1.54, 1.807) is 24.3 Å². The summed E-state index contributed by atoms with van der Waals surface area (Å²) in [5.74, 6) is 0.447. The Bertz CT molecular complexity index is 3740. The molecule has 0 amide bonds. The molecule has 0 aliphatic heterocycles. The highest BCUT2D eigenvalue weighted by Gasteiger charge is 2.24. The highest BCUT2D eigenvalue weighted by molar-refractivity contribution is 6.13. The first-order valence-corrected chi connectivity index (χ1v) is 23.0. The van der Waals surface area contributed by atoms with Crippen molar-refractivity contribution in [1.82, 2.24) is 9.13 Å². The van der Waals surface area contributed by atoms with Gasteiger partial charge in [0.25, 0.3) is 0 Å². The van der Waals surface area contributed by atoms with Crippen molar-refractivity contribution in [2.45, 2.75) is 0 Å². The predicted molar refractivity (Wildman–Crippen MR) is 285 cm³/mol. The van der Waals surface area contributed by atoms with Crippen LogP contribution >= 0.6 is 0 Å². The van der Waals surface area contributed by atoms with E-state index in [0.717, 1.165) is 88.1 Å². The normalized spacial score (nSPS) is 11.0. The van der Waals surface area contributed by atoms with Crippen molar-refractivity contribution < 1.29 is 4.74 Å². The van der Waals surface area contributed by atoms with Crippen LogP contribution in [0.4, 0.5) is 11.4 Å². The minimum Gasteiger partial charge on any atom is -0.460 e. The molecule has 0 atom stereocenters. The quantitative estimate of drug-likeness (QED) is 0.143. The van der Waals surface area contributed by atoms with E-state index in [4.69, 9.17) is 17.9 Å². The van der Waals surface area contributed by atoms with Gasteiger partial charge in [-0.2, -0.15) is 10.5 Å². The third-order valence-corrected chi connectivity index (χ3v) is 13.3. The van der Waals surface area contributed by atoms with Crippen molar-refractivity contribution in [3.8, 4) is 79.5 Å². The Balaban J connectivity index is 0.988. The lowest BCUT2D eigenvalue weighted by Crippen LogP contribution is -2.00. The molecule has 71 heavy (non-hydrogen) atoms. The zero-order valence-corrected chi connectivity index (χ0v) is 37.9. The first-order valence-electron chi connectivity index (χ1n) is 23.0. The van der Waals surface area contributed by atoms with Gasteiger partial charge in [0, 0.05) is 21.5 Å². The molecule has 0 unspecified atom stereocenters. The number of ether oxygens (including phenoxy) is 1. The van der Waals surface area contributed by atoms with E-state index in [1.807, 2.05) is 81.9 Å². The van der Waals surface area contributed by atoms with Gasteiger partial charge in [-0.15, -0.1) is 0 Å². The lowest BCUT2D eigenvalue weighted by Gasteiger charge is -2.17. The summed E-state index contributed by atoms with van der Waals surface area (Å²) in [6.07, 6.45) is 0. The second kappa shape index (κ2) is 17.3. The Morgan fingerprint density at radius 1 is 0.338 bits per heavy atom. The van der Waals surface area contributed by atoms with Crippen LogP contribution in [0, 0.1) is 35.8 Å². The van der Waals surface area contributed by atoms with Gasteiger partial charge in [0.15, 0.2) is 0 Å². The number of nitriles is 2. The maximum absolute atomic E-state index is 10.9. The zero-order valence-electron chi connectivity index (χ0n) is 37.9. The van der Waals surface area contributed by atoms with E-state index in [0.29, 0.717) is 11.4 Å². The number of hydrogen-bond donors (Lipinski definition) is 0. The second-order valence-corrected chi connectivity index (χ2v) is 17.3. The molecule has 328 valence electrons. The number of benzene rings is 10. The standard InChI is InChI=1S/C64H36N6O/c1-67-57-37-51(31-49(39-65)63(57)69-59-27-23-45(41-15-7-3-8-16-41)33-53(59)54-34-46(24-28-60(54)69)42-17-9-4-10-18-42)71-52-32-50(40-66)64(58(38-52)68-2)70-61-29-25-47(43-19-11-5-12-20-43)35-55(61)56-36-48(26-30-62(56)70)44-21-13-6-14-22-44/h3-38H. The highest BCUT2D eigenvalue weighted by atomic mass is 16.5. The molecule has 12 rings (SSSR count). The number of fused-ring (bicyclic) bond motifs is 6. The van der Waals surface area contributed by atoms with E-state index in [9.17, 15) is 10.5 Å². The van der Waals surface area contributed by atoms with Gasteiger partial charge < -0.3 is 13.9 Å². The highest BCUT2D eigenvalue weighted by Crippen LogP contribution is 2.45. The lowest BCUT2D eigenvalue weighted by atomic mass is 10.0. The van der Waals surface area contributed by atoms with Crippen molar-refractivity contribution in [3.05, 3.63) is 252 Å². The molecule has 0 radical (unpaired) electrons. The molecule has 2 heterocycles. The number of hydrogen-bond acceptors (Lipinski definition) is 3. The van der Waals surface area contributed by atoms with Gasteiger partial charge in [-0.05, 0) is 117 Å². The minimum atomic E-state index is 0.203. The van der Waals surface area contributed by atoms with Crippen molar-refractivity contribution in [2.24, 2.45) is 0 Å². The Kier molecular flexibility index (Phi) is 10.2. The molecule has 0 spiro atoms. The molecule has 0 aliphatic rings. The molecule has 0 bridgehead atoms. The summed E-state index contributed by atoms with van der Waals surface area (Å²) < 4.78 is 10.5. The Morgan fingerprint density at radius 3 is 0.873 bits per heavy atom. The maximum atomic E-state index is 10.9. The third kappa shape index (κ3) is 7.20. The molecule has 0 saturated carbocycles. The van der Waals surface area contributed by atoms with Gasteiger partial charge >= 0.3 is 0 Å². The molecule has 0 fully saturated rings. The topological polar surface area (TPSA) is 75.4 Å². The van der Waals surface area contributed by atoms with Gasteiger partial charge in [-0.3, -0.25) is 0 Å². The van der Waals surface area contributed by atoms with Crippen LogP contribution in [-0.2, 0) is 0 Å². The first kappa shape index (κ1) is 42.0. The van der Waals surface area contributed by atoms with E-state index in [1.165, 1.54) is 0 Å². The second-order valence-electron chi connectivity index (χ2n) is 17.3. The summed E-state index contributed by atoms with van der Waals surface area (Å²) in [5, 5.41) is 25.7. The third-order valence-electron chi connectivity index (χ3n) is 13.3. The zero-order chi connectivity index (χ0) is 48.0. The summed E-state index contributed by atoms with van der Waals surface area (Å²) in [5.41, 5.74) is 13.6. The van der Waals surface area contributed by atoms with Crippen molar-refractivity contribution >= 4 is 55.0 Å². The summed E-state index contributed by atoms with van der Waals surface area (Å²) in [4.78, 5) is 8.00. The SMILES string of the molecule is [C-]#[N+]c1cc(Oc2cc(C#N)c(-n3c4ccc(-c5ccccc5)cc4c4cc(-c5ccccc5)ccc43)c([N+]#[C-])c2)cc(C#N)c1-n1c2ccc(-c3ccccc3)cc2c2cc(-c3ccccc3)ccc21. The van der Waals surface area contributed by atoms with E-state index < -0.39 is 0 Å². The van der Waals surface area contributed by atoms with Crippen LogP contribution in [0.1, 0.15) is 11.1 Å². The molecule has 7 nitrogen and oxygen atoms in total. The molecular formula is C64H36N6O. The van der Waals surface area contributed by atoms with E-state index in [-0.39, 0.29) is 34.0 Å². The largest absolute Gasteiger partial charge is 0.460 e. The van der Waals surface area contributed by atoms with E-state index >= 15 is 0 Å². The molecular weight excluding hydrogens is 869 g/mol. The van der Waals surface area contributed by atoms with Crippen molar-refractivity contribution in [3.63, 3.8) is 0 Å². The Labute approximate surface area is 409 Å². The number of aromatic nitrogens is 2. The van der Waals surface area contributed by atoms with E-state index in [2.05, 4.69) is 143 Å². The monoisotopic (exact) mass is 904 g/mol. The molecule has 0 N–H and O–H groups in total. The molecule has 7 heteroatoms. The van der Waals surface area contributed by atoms with Gasteiger partial charge in [0.05, 0.1) is 57.7 Å². The fraction of sp³-hybridized carbons (Fsp3) is 0. The van der Waals surface area contributed by atoms with Crippen LogP contribution in [0.3, 0.4) is 0 Å². The van der Waals surface area contributed by atoms with Gasteiger partial charge in [-0.1, -0.05) is 146 Å². The molecule has 12 aromatic rings. The van der Waals surface area contributed by atoms with Crippen LogP contribution < -0.4 is 4.74 Å². The minimum absolute atomic E-state index is 0.203. The smallest absolute Gasteiger partial charge is 0.215 e. The average Bonchev–Trinajstić information content (AvgIpc) is 3.94. The van der Waals surface area contributed by atoms with Crippen LogP contribution in [0.2, 0.25) is 0 Å². The van der Waals surface area contributed by atoms with Crippen LogP contribution in [0.25, 0.3) is 109 Å². The van der Waals surface area contributed by atoms with Crippen molar-refractivity contribution in [1.29, 1.82) is 10.5 Å². The first-order chi connectivity index (χ1) is 35.0. The summed E-state index contributed by atoms with van der Waals surface area (Å²) in [7, 11) is 0. The predicted octanol–water partition coefficient (Wildman–Crippen LogP) is 17.2. The number of nitrogens with zero attached hydrogens (tertiary/aromatic N) is 6. The Morgan fingerprint density at radius 2 is 0.620 bits per heavy atom. The summed E-state index contributed by atoms with van der Waals surface area (Å²) >= 11 is 0. The molecule has 0 saturated heterocycles.